The van der Waals surface area contributed by atoms with Gasteiger partial charge in [-0.2, -0.15) is 0 Å². The van der Waals surface area contributed by atoms with Gasteiger partial charge in [-0.3, -0.25) is 4.79 Å². The molecule has 0 spiro atoms. The number of hydrogen-bond acceptors (Lipinski definition) is 6. The fraction of sp³-hybridized carbons (Fsp3) is 0.273. The summed E-state index contributed by atoms with van der Waals surface area (Å²) in [6.45, 7) is 0.487. The molecule has 0 radical (unpaired) electrons. The van der Waals surface area contributed by atoms with E-state index in [1.165, 1.54) is 0 Å². The lowest BCUT2D eigenvalue weighted by atomic mass is 10.0. The van der Waals surface area contributed by atoms with Gasteiger partial charge in [0.1, 0.15) is 23.9 Å². The molecule has 2 aromatic carbocycles. The van der Waals surface area contributed by atoms with Crippen molar-refractivity contribution in [2.24, 2.45) is 0 Å². The van der Waals surface area contributed by atoms with E-state index in [2.05, 4.69) is 5.32 Å². The largest absolute Gasteiger partial charge is 0.422 e. The highest BCUT2D eigenvalue weighted by molar-refractivity contribution is 5.96. The Balaban J connectivity index is 1.41. The second-order valence-electron chi connectivity index (χ2n) is 7.31. The van der Waals surface area contributed by atoms with Gasteiger partial charge in [0.2, 0.25) is 0 Å². The van der Waals surface area contributed by atoms with E-state index >= 15 is 0 Å². The van der Waals surface area contributed by atoms with E-state index in [0.717, 1.165) is 5.39 Å². The van der Waals surface area contributed by atoms with Crippen LogP contribution in [0.1, 0.15) is 10.4 Å². The number of ether oxygens (including phenoxy) is 2. The molecule has 29 heavy (non-hydrogen) atoms. The number of aliphatic hydroxyl groups excluding tert-OH is 1. The molecule has 1 aromatic heterocycles. The quantitative estimate of drug-likeness (QED) is 0.658. The van der Waals surface area contributed by atoms with Gasteiger partial charge in [0, 0.05) is 10.9 Å². The molecule has 7 heteroatoms. The summed E-state index contributed by atoms with van der Waals surface area (Å²) in [6, 6.07) is 15.5. The van der Waals surface area contributed by atoms with Crippen LogP contribution in [0.15, 0.2) is 63.8 Å². The summed E-state index contributed by atoms with van der Waals surface area (Å²) in [5, 5.41) is 13.5. The normalized spacial score (nSPS) is 25.8. The van der Waals surface area contributed by atoms with Crippen molar-refractivity contribution in [2.75, 3.05) is 13.2 Å². The van der Waals surface area contributed by atoms with Gasteiger partial charge in [-0.25, -0.2) is 4.79 Å². The number of fused-ring (bicyclic) bond motifs is 2. The maximum absolute atomic E-state index is 12.8. The molecule has 0 unspecified atom stereocenters. The minimum absolute atomic E-state index is 0.203. The predicted octanol–water partition coefficient (Wildman–Crippen LogP) is 1.72. The number of carbonyl (C=O) groups is 1. The van der Waals surface area contributed by atoms with Gasteiger partial charge in [-0.15, -0.1) is 0 Å². The zero-order chi connectivity index (χ0) is 20.0. The Labute approximate surface area is 165 Å². The summed E-state index contributed by atoms with van der Waals surface area (Å²) >= 11 is 0. The fourth-order valence-corrected chi connectivity index (χ4v) is 3.95. The summed E-state index contributed by atoms with van der Waals surface area (Å²) in [6.07, 6.45) is -1.43. The highest BCUT2D eigenvalue weighted by Crippen LogP contribution is 2.27. The number of rotatable bonds is 3. The molecule has 2 fully saturated rings. The first kappa shape index (κ1) is 18.1. The van der Waals surface area contributed by atoms with Gasteiger partial charge in [0.25, 0.3) is 5.91 Å². The second-order valence-corrected chi connectivity index (χ2v) is 7.31. The Bertz CT molecular complexity index is 1140. The minimum Gasteiger partial charge on any atom is -0.422 e. The molecule has 3 heterocycles. The molecule has 0 bridgehead atoms. The van der Waals surface area contributed by atoms with Gasteiger partial charge < -0.3 is 24.3 Å². The van der Waals surface area contributed by atoms with Crippen molar-refractivity contribution in [3.63, 3.8) is 0 Å². The Kier molecular flexibility index (Phi) is 4.43. The Morgan fingerprint density at radius 2 is 1.83 bits per heavy atom. The van der Waals surface area contributed by atoms with E-state index in [1.54, 1.807) is 42.5 Å². The lowest BCUT2D eigenvalue weighted by molar-refractivity contribution is 0.0178. The van der Waals surface area contributed by atoms with E-state index in [1.807, 2.05) is 12.1 Å². The van der Waals surface area contributed by atoms with Gasteiger partial charge in [0.15, 0.2) is 0 Å². The number of hydrogen-bond donors (Lipinski definition) is 2. The molecule has 2 saturated heterocycles. The summed E-state index contributed by atoms with van der Waals surface area (Å²) in [4.78, 5) is 25.2. The number of para-hydroxylation sites is 1. The number of benzene rings is 2. The average Bonchev–Trinajstić information content (AvgIpc) is 3.31. The standard InChI is InChI=1S/C22H19NO6/c24-17-11-28-19-16(10-27-20(17)19)23-21(25)14-6-3-5-12(8-14)15-9-13-4-1-2-7-18(13)29-22(15)26/h1-9,16-17,19-20,24H,10-11H2,(H,23,25)/t16-,17-,19+,20+/m0/s1. The van der Waals surface area contributed by atoms with Crippen molar-refractivity contribution < 1.29 is 23.8 Å². The third-order valence-electron chi connectivity index (χ3n) is 5.42. The van der Waals surface area contributed by atoms with Crippen molar-refractivity contribution in [3.05, 3.63) is 70.6 Å². The molecule has 3 aromatic rings. The molecule has 2 aliphatic heterocycles. The lowest BCUT2D eigenvalue weighted by Gasteiger charge is -2.17. The molecular formula is C22H19NO6. The molecule has 0 aliphatic carbocycles. The summed E-state index contributed by atoms with van der Waals surface area (Å²) in [7, 11) is 0. The molecule has 5 rings (SSSR count). The first-order chi connectivity index (χ1) is 14.1. The van der Waals surface area contributed by atoms with Crippen LogP contribution in [0.3, 0.4) is 0 Å². The lowest BCUT2D eigenvalue weighted by Crippen LogP contribution is -2.44. The van der Waals surface area contributed by atoms with Gasteiger partial charge in [0.05, 0.1) is 24.8 Å². The zero-order valence-corrected chi connectivity index (χ0v) is 15.4. The monoisotopic (exact) mass is 393 g/mol. The van der Waals surface area contributed by atoms with Gasteiger partial charge >= 0.3 is 5.63 Å². The molecular weight excluding hydrogens is 374 g/mol. The van der Waals surface area contributed by atoms with Crippen LogP contribution in [0.5, 0.6) is 0 Å². The van der Waals surface area contributed by atoms with Crippen molar-refractivity contribution in [1.82, 2.24) is 5.32 Å². The average molecular weight is 393 g/mol. The number of carbonyl (C=O) groups excluding carboxylic acids is 1. The van der Waals surface area contributed by atoms with E-state index in [4.69, 9.17) is 13.9 Å². The summed E-state index contributed by atoms with van der Waals surface area (Å²) in [5.41, 5.74) is 1.47. The van der Waals surface area contributed by atoms with E-state index in [-0.39, 0.29) is 31.3 Å². The van der Waals surface area contributed by atoms with Crippen LogP contribution in [0.25, 0.3) is 22.1 Å². The van der Waals surface area contributed by atoms with Crippen molar-refractivity contribution >= 4 is 16.9 Å². The molecule has 1 amide bonds. The van der Waals surface area contributed by atoms with Crippen LogP contribution >= 0.6 is 0 Å². The SMILES string of the molecule is O=C(N[C@H]1CO[C@H]2[C@@H]1OC[C@@H]2O)c1cccc(-c2cc3ccccc3oc2=O)c1. The predicted molar refractivity (Wildman–Crippen MR) is 105 cm³/mol. The van der Waals surface area contributed by atoms with Crippen molar-refractivity contribution in [3.8, 4) is 11.1 Å². The highest BCUT2D eigenvalue weighted by atomic mass is 16.6. The smallest absolute Gasteiger partial charge is 0.344 e. The maximum Gasteiger partial charge on any atom is 0.344 e. The van der Waals surface area contributed by atoms with Crippen LogP contribution in [-0.4, -0.2) is 48.6 Å². The fourth-order valence-electron chi connectivity index (χ4n) is 3.95. The Hall–Kier alpha value is -3.00. The Morgan fingerprint density at radius 1 is 1.00 bits per heavy atom. The van der Waals surface area contributed by atoms with Crippen LogP contribution < -0.4 is 10.9 Å². The van der Waals surface area contributed by atoms with Crippen LogP contribution in [0, 0.1) is 0 Å². The molecule has 4 atom stereocenters. The zero-order valence-electron chi connectivity index (χ0n) is 15.4. The van der Waals surface area contributed by atoms with Crippen LogP contribution in [0.4, 0.5) is 0 Å². The van der Waals surface area contributed by atoms with E-state index < -0.39 is 17.8 Å². The van der Waals surface area contributed by atoms with Crippen LogP contribution in [-0.2, 0) is 9.47 Å². The van der Waals surface area contributed by atoms with Crippen molar-refractivity contribution in [1.29, 1.82) is 0 Å². The Morgan fingerprint density at radius 3 is 2.72 bits per heavy atom. The first-order valence-electron chi connectivity index (χ1n) is 9.45. The molecule has 148 valence electrons. The van der Waals surface area contributed by atoms with Crippen LogP contribution in [0.2, 0.25) is 0 Å². The third kappa shape index (κ3) is 3.23. The molecule has 0 saturated carbocycles. The minimum atomic E-state index is -0.669. The molecule has 2 aliphatic rings. The summed E-state index contributed by atoms with van der Waals surface area (Å²) < 4.78 is 16.5. The maximum atomic E-state index is 12.8. The van der Waals surface area contributed by atoms with E-state index in [0.29, 0.717) is 22.3 Å². The summed E-state index contributed by atoms with van der Waals surface area (Å²) in [5.74, 6) is -0.295. The first-order valence-corrected chi connectivity index (χ1v) is 9.45. The number of amides is 1. The molecule has 2 N–H and O–H groups in total. The molecule has 7 nitrogen and oxygen atoms in total. The third-order valence-corrected chi connectivity index (χ3v) is 5.42. The second kappa shape index (κ2) is 7.11. The number of aliphatic hydroxyl groups is 1. The van der Waals surface area contributed by atoms with E-state index in [9.17, 15) is 14.7 Å². The van der Waals surface area contributed by atoms with Gasteiger partial charge in [-0.1, -0.05) is 30.3 Å². The number of nitrogens with one attached hydrogen (secondary N) is 1. The highest BCUT2D eigenvalue weighted by Gasteiger charge is 2.47. The van der Waals surface area contributed by atoms with Crippen molar-refractivity contribution in [2.45, 2.75) is 24.4 Å². The topological polar surface area (TPSA) is 98.0 Å². The van der Waals surface area contributed by atoms with Gasteiger partial charge in [-0.05, 0) is 29.8 Å².